The average Bonchev–Trinajstić information content (AvgIpc) is 2.31. The molecule has 0 saturated heterocycles. The standard InChI is InChI=1S/C12H12ClFN2O/c1-2-5-15-8-12(17)16-7-9-3-4-11(14)10(13)6-9/h1,3-4,6,15H,5,7-8H2,(H,16,17). The molecule has 1 amide bonds. The zero-order valence-corrected chi connectivity index (χ0v) is 9.85. The number of terminal acetylenes is 1. The molecule has 0 spiro atoms. The van der Waals surface area contributed by atoms with Crippen LogP contribution in [0.15, 0.2) is 18.2 Å². The van der Waals surface area contributed by atoms with E-state index in [0.717, 1.165) is 5.56 Å². The SMILES string of the molecule is C#CCNCC(=O)NCc1ccc(F)c(Cl)c1. The minimum absolute atomic E-state index is 0.0437. The van der Waals surface area contributed by atoms with Crippen LogP contribution in [0.3, 0.4) is 0 Å². The lowest BCUT2D eigenvalue weighted by molar-refractivity contribution is -0.120. The highest BCUT2D eigenvalue weighted by atomic mass is 35.5. The average molecular weight is 255 g/mol. The lowest BCUT2D eigenvalue weighted by atomic mass is 10.2. The van der Waals surface area contributed by atoms with E-state index in [1.54, 1.807) is 6.07 Å². The molecular weight excluding hydrogens is 243 g/mol. The van der Waals surface area contributed by atoms with E-state index in [-0.39, 0.29) is 17.5 Å². The summed E-state index contributed by atoms with van der Waals surface area (Å²) in [4.78, 5) is 11.3. The maximum absolute atomic E-state index is 12.9. The Morgan fingerprint density at radius 1 is 1.53 bits per heavy atom. The topological polar surface area (TPSA) is 41.1 Å². The monoisotopic (exact) mass is 254 g/mol. The maximum Gasteiger partial charge on any atom is 0.234 e. The van der Waals surface area contributed by atoms with Gasteiger partial charge in [-0.15, -0.1) is 6.42 Å². The van der Waals surface area contributed by atoms with Crippen LogP contribution in [0.2, 0.25) is 5.02 Å². The summed E-state index contributed by atoms with van der Waals surface area (Å²) in [6.45, 7) is 0.797. The predicted octanol–water partition coefficient (Wildman–Crippen LogP) is 1.32. The van der Waals surface area contributed by atoms with Gasteiger partial charge in [0.15, 0.2) is 0 Å². The summed E-state index contributed by atoms with van der Waals surface area (Å²) < 4.78 is 12.9. The summed E-state index contributed by atoms with van der Waals surface area (Å²) in [6.07, 6.45) is 5.02. The van der Waals surface area contributed by atoms with Crippen LogP contribution < -0.4 is 10.6 Å². The minimum Gasteiger partial charge on any atom is -0.351 e. The van der Waals surface area contributed by atoms with Crippen molar-refractivity contribution < 1.29 is 9.18 Å². The van der Waals surface area contributed by atoms with Gasteiger partial charge in [0.1, 0.15) is 5.82 Å². The number of halogens is 2. The maximum atomic E-state index is 12.9. The Kier molecular flexibility index (Phi) is 5.47. The van der Waals surface area contributed by atoms with Gasteiger partial charge in [-0.05, 0) is 17.7 Å². The molecule has 0 aliphatic rings. The first-order valence-corrected chi connectivity index (χ1v) is 5.36. The molecule has 0 aromatic heterocycles. The zero-order chi connectivity index (χ0) is 12.7. The molecule has 0 heterocycles. The fourth-order valence-corrected chi connectivity index (χ4v) is 1.36. The van der Waals surface area contributed by atoms with Crippen molar-refractivity contribution in [3.63, 3.8) is 0 Å². The first-order valence-electron chi connectivity index (χ1n) is 4.98. The number of hydrogen-bond donors (Lipinski definition) is 2. The van der Waals surface area contributed by atoms with Crippen LogP contribution in [0.5, 0.6) is 0 Å². The Morgan fingerprint density at radius 3 is 2.94 bits per heavy atom. The predicted molar refractivity (Wildman–Crippen MR) is 65.0 cm³/mol. The van der Waals surface area contributed by atoms with Crippen LogP contribution in [0.4, 0.5) is 4.39 Å². The third-order valence-corrected chi connectivity index (χ3v) is 2.28. The number of carbonyl (C=O) groups excluding carboxylic acids is 1. The van der Waals surface area contributed by atoms with E-state index < -0.39 is 5.82 Å². The fraction of sp³-hybridized carbons (Fsp3) is 0.250. The second kappa shape index (κ2) is 6.89. The third-order valence-electron chi connectivity index (χ3n) is 1.99. The minimum atomic E-state index is -0.475. The number of carbonyl (C=O) groups is 1. The van der Waals surface area contributed by atoms with Crippen LogP contribution in [0.1, 0.15) is 5.56 Å². The van der Waals surface area contributed by atoms with Crippen LogP contribution >= 0.6 is 11.6 Å². The molecular formula is C12H12ClFN2O. The summed E-state index contributed by atoms with van der Waals surface area (Å²) in [5.41, 5.74) is 0.738. The first-order chi connectivity index (χ1) is 8.13. The van der Waals surface area contributed by atoms with E-state index in [9.17, 15) is 9.18 Å². The van der Waals surface area contributed by atoms with Crippen molar-refractivity contribution in [3.8, 4) is 12.3 Å². The fourth-order valence-electron chi connectivity index (χ4n) is 1.16. The molecule has 1 aromatic carbocycles. The number of amides is 1. The molecule has 0 unspecified atom stereocenters. The molecule has 17 heavy (non-hydrogen) atoms. The smallest absolute Gasteiger partial charge is 0.234 e. The number of nitrogens with one attached hydrogen (secondary N) is 2. The van der Waals surface area contributed by atoms with Gasteiger partial charge in [0.25, 0.3) is 0 Å². The van der Waals surface area contributed by atoms with Gasteiger partial charge in [0.2, 0.25) is 5.91 Å². The zero-order valence-electron chi connectivity index (χ0n) is 9.09. The van der Waals surface area contributed by atoms with E-state index in [4.69, 9.17) is 18.0 Å². The van der Waals surface area contributed by atoms with Crippen LogP contribution in [0.25, 0.3) is 0 Å². The van der Waals surface area contributed by atoms with Gasteiger partial charge in [-0.3, -0.25) is 10.1 Å². The van der Waals surface area contributed by atoms with Crippen LogP contribution in [0, 0.1) is 18.2 Å². The lowest BCUT2D eigenvalue weighted by Crippen LogP contribution is -2.33. The van der Waals surface area contributed by atoms with Gasteiger partial charge in [0, 0.05) is 6.54 Å². The summed E-state index contributed by atoms with van der Waals surface area (Å²) in [5, 5.41) is 5.45. The Bertz CT molecular complexity index is 443. The molecule has 3 nitrogen and oxygen atoms in total. The summed E-state index contributed by atoms with van der Waals surface area (Å²) in [5.74, 6) is 1.71. The molecule has 0 atom stereocenters. The van der Waals surface area contributed by atoms with Crippen molar-refractivity contribution in [2.75, 3.05) is 13.1 Å². The van der Waals surface area contributed by atoms with Gasteiger partial charge in [-0.2, -0.15) is 0 Å². The van der Waals surface area contributed by atoms with E-state index in [0.29, 0.717) is 13.1 Å². The van der Waals surface area contributed by atoms with E-state index in [1.807, 2.05) is 0 Å². The molecule has 0 radical (unpaired) electrons. The molecule has 2 N–H and O–H groups in total. The van der Waals surface area contributed by atoms with Gasteiger partial charge in [0.05, 0.1) is 18.1 Å². The molecule has 0 aliphatic heterocycles. The molecule has 0 aliphatic carbocycles. The Balaban J connectivity index is 2.37. The largest absolute Gasteiger partial charge is 0.351 e. The Hall–Kier alpha value is -1.57. The Morgan fingerprint density at radius 2 is 2.29 bits per heavy atom. The third kappa shape index (κ3) is 4.85. The number of rotatable bonds is 5. The molecule has 90 valence electrons. The van der Waals surface area contributed by atoms with Crippen molar-refractivity contribution in [2.24, 2.45) is 0 Å². The highest BCUT2D eigenvalue weighted by Crippen LogP contribution is 2.15. The highest BCUT2D eigenvalue weighted by molar-refractivity contribution is 6.30. The van der Waals surface area contributed by atoms with Crippen molar-refractivity contribution in [2.45, 2.75) is 6.54 Å². The van der Waals surface area contributed by atoms with E-state index in [1.165, 1.54) is 12.1 Å². The second-order valence-electron chi connectivity index (χ2n) is 3.33. The van der Waals surface area contributed by atoms with Crippen molar-refractivity contribution >= 4 is 17.5 Å². The number of hydrogen-bond acceptors (Lipinski definition) is 2. The van der Waals surface area contributed by atoms with Gasteiger partial charge in [-0.25, -0.2) is 4.39 Å². The van der Waals surface area contributed by atoms with Crippen LogP contribution in [-0.2, 0) is 11.3 Å². The quantitative estimate of drug-likeness (QED) is 0.615. The lowest BCUT2D eigenvalue weighted by Gasteiger charge is -2.06. The van der Waals surface area contributed by atoms with E-state index in [2.05, 4.69) is 16.6 Å². The molecule has 0 saturated carbocycles. The number of benzene rings is 1. The summed E-state index contributed by atoms with van der Waals surface area (Å²) in [6, 6.07) is 4.31. The van der Waals surface area contributed by atoms with Crippen molar-refractivity contribution in [1.29, 1.82) is 0 Å². The van der Waals surface area contributed by atoms with Gasteiger partial charge in [-0.1, -0.05) is 23.6 Å². The first kappa shape index (κ1) is 13.5. The summed E-state index contributed by atoms with van der Waals surface area (Å²) >= 11 is 5.61. The molecule has 1 aromatic rings. The molecule has 1 rings (SSSR count). The van der Waals surface area contributed by atoms with Crippen molar-refractivity contribution in [3.05, 3.63) is 34.6 Å². The van der Waals surface area contributed by atoms with E-state index >= 15 is 0 Å². The van der Waals surface area contributed by atoms with Crippen LogP contribution in [-0.4, -0.2) is 19.0 Å². The van der Waals surface area contributed by atoms with Gasteiger partial charge < -0.3 is 5.32 Å². The van der Waals surface area contributed by atoms with Gasteiger partial charge >= 0.3 is 0 Å². The molecule has 0 bridgehead atoms. The normalized spacial score (nSPS) is 9.71. The molecule has 0 fully saturated rings. The summed E-state index contributed by atoms with van der Waals surface area (Å²) in [7, 11) is 0. The Labute approximate surface area is 104 Å². The highest BCUT2D eigenvalue weighted by Gasteiger charge is 2.03. The second-order valence-corrected chi connectivity index (χ2v) is 3.74. The molecule has 5 heteroatoms. The van der Waals surface area contributed by atoms with Crippen molar-refractivity contribution in [1.82, 2.24) is 10.6 Å².